The van der Waals surface area contributed by atoms with Crippen molar-refractivity contribution < 1.29 is 28.7 Å². The van der Waals surface area contributed by atoms with Crippen molar-refractivity contribution in [3.05, 3.63) is 75.1 Å². The van der Waals surface area contributed by atoms with E-state index in [1.807, 2.05) is 19.0 Å². The van der Waals surface area contributed by atoms with Crippen molar-refractivity contribution in [1.29, 1.82) is 0 Å². The first-order chi connectivity index (χ1) is 15.6. The minimum atomic E-state index is -0.974. The molecule has 2 aromatic rings. The van der Waals surface area contributed by atoms with E-state index >= 15 is 0 Å². The maximum atomic E-state index is 14.2. The number of likely N-dealkylation sites (tertiary alicyclic amines) is 1. The monoisotopic (exact) mass is 457 g/mol. The molecule has 0 aliphatic carbocycles. The molecule has 0 spiro atoms. The number of rotatable bonds is 8. The van der Waals surface area contributed by atoms with Gasteiger partial charge in [0.05, 0.1) is 23.6 Å². The van der Waals surface area contributed by atoms with Crippen molar-refractivity contribution in [3.8, 4) is 5.75 Å². The van der Waals surface area contributed by atoms with Crippen LogP contribution in [0.4, 0.5) is 10.1 Å². The maximum Gasteiger partial charge on any atom is 0.295 e. The minimum Gasteiger partial charge on any atom is -0.507 e. The zero-order chi connectivity index (χ0) is 24.3. The predicted molar refractivity (Wildman–Crippen MR) is 118 cm³/mol. The Bertz CT molecular complexity index is 1110. The Kier molecular flexibility index (Phi) is 7.07. The van der Waals surface area contributed by atoms with E-state index in [4.69, 9.17) is 4.74 Å². The highest BCUT2D eigenvalue weighted by atomic mass is 19.1. The summed E-state index contributed by atoms with van der Waals surface area (Å²) in [5.74, 6) is -3.02. The molecule has 174 valence electrons. The number of methoxy groups -OCH3 is 1. The highest BCUT2D eigenvalue weighted by Gasteiger charge is 2.45. The number of nitro benzene ring substituents is 1. The smallest absolute Gasteiger partial charge is 0.295 e. The lowest BCUT2D eigenvalue weighted by atomic mass is 9.95. The molecule has 1 aliphatic heterocycles. The molecule has 3 rings (SSSR count). The topological polar surface area (TPSA) is 113 Å². The lowest BCUT2D eigenvalue weighted by molar-refractivity contribution is -0.384. The van der Waals surface area contributed by atoms with Crippen LogP contribution in [0.25, 0.3) is 5.76 Å². The van der Waals surface area contributed by atoms with Crippen molar-refractivity contribution in [3.63, 3.8) is 0 Å². The minimum absolute atomic E-state index is 0.00602. The number of hydrogen-bond acceptors (Lipinski definition) is 7. The average molecular weight is 457 g/mol. The molecule has 0 saturated carbocycles. The molecule has 1 amide bonds. The number of nitrogens with zero attached hydrogens (tertiary/aromatic N) is 3. The number of Topliss-reactive ketones (excluding diaryl/α,β-unsaturated/α-hetero) is 1. The molecule has 1 heterocycles. The Labute approximate surface area is 189 Å². The number of hydrogen-bond donors (Lipinski definition) is 1. The van der Waals surface area contributed by atoms with Crippen LogP contribution in [0.3, 0.4) is 0 Å². The Balaban J connectivity index is 2.11. The molecule has 2 aromatic carbocycles. The average Bonchev–Trinajstić information content (AvgIpc) is 3.03. The van der Waals surface area contributed by atoms with Crippen LogP contribution in [-0.2, 0) is 9.59 Å². The lowest BCUT2D eigenvalue weighted by Gasteiger charge is -2.26. The van der Waals surface area contributed by atoms with Gasteiger partial charge < -0.3 is 19.6 Å². The molecule has 0 unspecified atom stereocenters. The first kappa shape index (κ1) is 23.9. The molecule has 33 heavy (non-hydrogen) atoms. The molecule has 1 N–H and O–H groups in total. The highest BCUT2D eigenvalue weighted by Crippen LogP contribution is 2.40. The van der Waals surface area contributed by atoms with E-state index in [0.29, 0.717) is 18.5 Å². The zero-order valence-electron chi connectivity index (χ0n) is 18.4. The van der Waals surface area contributed by atoms with E-state index in [-0.39, 0.29) is 29.1 Å². The molecule has 1 fully saturated rings. The predicted octanol–water partition coefficient (Wildman–Crippen LogP) is 3.12. The summed E-state index contributed by atoms with van der Waals surface area (Å²) in [6.07, 6.45) is 0.556. The third kappa shape index (κ3) is 4.85. The van der Waals surface area contributed by atoms with Gasteiger partial charge in [-0.1, -0.05) is 0 Å². The molecule has 0 radical (unpaired) electrons. The van der Waals surface area contributed by atoms with E-state index in [1.54, 1.807) is 0 Å². The summed E-state index contributed by atoms with van der Waals surface area (Å²) in [5, 5.41) is 22.0. The highest BCUT2D eigenvalue weighted by molar-refractivity contribution is 6.46. The second kappa shape index (κ2) is 9.78. The largest absolute Gasteiger partial charge is 0.507 e. The Morgan fingerprint density at radius 2 is 1.88 bits per heavy atom. The maximum absolute atomic E-state index is 14.2. The van der Waals surface area contributed by atoms with Crippen molar-refractivity contribution in [2.24, 2.45) is 0 Å². The number of non-ortho nitro benzene ring substituents is 1. The molecular formula is C23H24FN3O6. The number of benzene rings is 2. The molecule has 0 aromatic heterocycles. The Hall–Kier alpha value is -3.79. The lowest BCUT2D eigenvalue weighted by Crippen LogP contribution is -2.32. The van der Waals surface area contributed by atoms with Crippen LogP contribution in [0, 0.1) is 15.9 Å². The van der Waals surface area contributed by atoms with Gasteiger partial charge in [-0.05, 0) is 63.0 Å². The molecule has 1 atom stereocenters. The number of nitro groups is 1. The first-order valence-corrected chi connectivity index (χ1v) is 10.2. The van der Waals surface area contributed by atoms with Gasteiger partial charge in [0, 0.05) is 24.2 Å². The number of aliphatic hydroxyl groups excluding tert-OH is 1. The van der Waals surface area contributed by atoms with E-state index in [2.05, 4.69) is 0 Å². The van der Waals surface area contributed by atoms with Gasteiger partial charge in [0.15, 0.2) is 11.6 Å². The number of halogens is 1. The van der Waals surface area contributed by atoms with E-state index in [9.17, 15) is 29.2 Å². The summed E-state index contributed by atoms with van der Waals surface area (Å²) >= 11 is 0. The van der Waals surface area contributed by atoms with Gasteiger partial charge in [-0.2, -0.15) is 0 Å². The van der Waals surface area contributed by atoms with E-state index < -0.39 is 34.2 Å². The van der Waals surface area contributed by atoms with Crippen molar-refractivity contribution in [1.82, 2.24) is 9.80 Å². The fourth-order valence-corrected chi connectivity index (χ4v) is 3.76. The number of amides is 1. The first-order valence-electron chi connectivity index (χ1n) is 10.2. The molecule has 0 bridgehead atoms. The fraction of sp³-hybridized carbons (Fsp3) is 0.304. The number of ketones is 1. The SMILES string of the molecule is COc1ccc(C(O)=C2C(=O)C(=O)N(CCCN(C)C)[C@@H]2c2ccc([N+](=O)[O-])cc2)cc1F. The van der Waals surface area contributed by atoms with E-state index in [1.165, 1.54) is 48.4 Å². The van der Waals surface area contributed by atoms with Crippen LogP contribution in [-0.4, -0.2) is 65.8 Å². The van der Waals surface area contributed by atoms with E-state index in [0.717, 1.165) is 6.07 Å². The Morgan fingerprint density at radius 3 is 2.42 bits per heavy atom. The van der Waals surface area contributed by atoms with Crippen molar-refractivity contribution in [2.75, 3.05) is 34.3 Å². The van der Waals surface area contributed by atoms with Gasteiger partial charge in [0.1, 0.15) is 5.76 Å². The molecule has 9 nitrogen and oxygen atoms in total. The molecule has 10 heteroatoms. The molecule has 1 aliphatic rings. The third-order valence-corrected chi connectivity index (χ3v) is 5.39. The Morgan fingerprint density at radius 1 is 1.21 bits per heavy atom. The number of aliphatic hydroxyl groups is 1. The van der Waals surface area contributed by atoms with Crippen molar-refractivity contribution in [2.45, 2.75) is 12.5 Å². The number of carbonyl (C=O) groups is 2. The van der Waals surface area contributed by atoms with Gasteiger partial charge in [-0.15, -0.1) is 0 Å². The summed E-state index contributed by atoms with van der Waals surface area (Å²) in [5.41, 5.74) is 0.0653. The molecule has 1 saturated heterocycles. The second-order valence-corrected chi connectivity index (χ2v) is 7.85. The van der Waals surface area contributed by atoms with Gasteiger partial charge in [-0.3, -0.25) is 19.7 Å². The second-order valence-electron chi connectivity index (χ2n) is 7.85. The normalized spacial score (nSPS) is 17.6. The van der Waals surface area contributed by atoms with Crippen molar-refractivity contribution >= 4 is 23.1 Å². The summed E-state index contributed by atoms with van der Waals surface area (Å²) in [7, 11) is 5.05. The van der Waals surface area contributed by atoms with Crippen LogP contribution < -0.4 is 4.74 Å². The zero-order valence-corrected chi connectivity index (χ0v) is 18.4. The van der Waals surface area contributed by atoms with Crippen LogP contribution in [0.5, 0.6) is 5.75 Å². The third-order valence-electron chi connectivity index (χ3n) is 5.39. The van der Waals surface area contributed by atoms with Crippen LogP contribution >= 0.6 is 0 Å². The summed E-state index contributed by atoms with van der Waals surface area (Å²) < 4.78 is 19.1. The fourth-order valence-electron chi connectivity index (χ4n) is 3.76. The number of carbonyl (C=O) groups excluding carboxylic acids is 2. The summed E-state index contributed by atoms with van der Waals surface area (Å²) in [6.45, 7) is 0.873. The standard InChI is InChI=1S/C23H24FN3O6/c1-25(2)11-4-12-26-20(14-5-8-16(9-6-14)27(31)32)19(22(29)23(26)30)21(28)15-7-10-18(33-3)17(24)13-15/h5-10,13,20,28H,4,11-12H2,1-3H3/t20-/m1/s1. The van der Waals surface area contributed by atoms with Gasteiger partial charge in [-0.25, -0.2) is 4.39 Å². The van der Waals surface area contributed by atoms with Crippen LogP contribution in [0.15, 0.2) is 48.0 Å². The molecular weight excluding hydrogens is 433 g/mol. The van der Waals surface area contributed by atoms with Gasteiger partial charge in [0.2, 0.25) is 0 Å². The summed E-state index contributed by atoms with van der Waals surface area (Å²) in [4.78, 5) is 39.6. The van der Waals surface area contributed by atoms with Gasteiger partial charge >= 0.3 is 0 Å². The quantitative estimate of drug-likeness (QED) is 0.213. The number of ether oxygens (including phenoxy) is 1. The van der Waals surface area contributed by atoms with Crippen LogP contribution in [0.2, 0.25) is 0 Å². The summed E-state index contributed by atoms with van der Waals surface area (Å²) in [6, 6.07) is 8.14. The van der Waals surface area contributed by atoms with Gasteiger partial charge in [0.25, 0.3) is 17.4 Å². The van der Waals surface area contributed by atoms with Crippen LogP contribution in [0.1, 0.15) is 23.6 Å².